The molecule has 3 aromatic rings. The molecule has 0 aromatic heterocycles. The molecule has 0 radical (unpaired) electrons. The fraction of sp³-hybridized carbons (Fsp3) is 0.129. The van der Waals surface area contributed by atoms with Gasteiger partial charge in [-0.15, -0.1) is 0 Å². The molecule has 0 saturated carbocycles. The van der Waals surface area contributed by atoms with Crippen molar-refractivity contribution in [2.75, 3.05) is 0 Å². The molecule has 0 aliphatic carbocycles. The Bertz CT molecular complexity index is 1370. The number of halogens is 1. The second kappa shape index (κ2) is 13.5. The van der Waals surface area contributed by atoms with Crippen molar-refractivity contribution in [2.45, 2.75) is 27.7 Å². The van der Waals surface area contributed by atoms with Crippen LogP contribution in [0.3, 0.4) is 0 Å². The Labute approximate surface area is 221 Å². The first-order valence-electron chi connectivity index (χ1n) is 11.5. The van der Waals surface area contributed by atoms with Crippen molar-refractivity contribution in [3.05, 3.63) is 115 Å². The number of esters is 3. The molecule has 0 spiro atoms. The van der Waals surface area contributed by atoms with Crippen LogP contribution in [0.4, 0.5) is 4.39 Å². The molecule has 0 unspecified atom stereocenters. The lowest BCUT2D eigenvalue weighted by atomic mass is 10.0. The van der Waals surface area contributed by atoms with Crippen LogP contribution in [0.15, 0.2) is 103 Å². The molecule has 3 rings (SSSR count). The van der Waals surface area contributed by atoms with E-state index in [2.05, 4.69) is 19.7 Å². The summed E-state index contributed by atoms with van der Waals surface area (Å²) < 4.78 is 29.4. The van der Waals surface area contributed by atoms with Crippen LogP contribution in [0.25, 0.3) is 11.1 Å². The second-order valence-corrected chi connectivity index (χ2v) is 8.49. The minimum absolute atomic E-state index is 0.0984. The van der Waals surface area contributed by atoms with Gasteiger partial charge < -0.3 is 14.2 Å². The SMILES string of the molecule is C=C(C)C(=O)Oc1ccc(-c2ccc(OC(=O)C(=C)C)cc2F)cc1.C=C(C)C(=O)Oc1ccc(C)cc1. The molecule has 38 heavy (non-hydrogen) atoms. The molecule has 196 valence electrons. The van der Waals surface area contributed by atoms with Gasteiger partial charge in [0.25, 0.3) is 0 Å². The number of hydrogen-bond acceptors (Lipinski definition) is 6. The Kier molecular flexibility index (Phi) is 10.5. The van der Waals surface area contributed by atoms with E-state index >= 15 is 0 Å². The highest BCUT2D eigenvalue weighted by atomic mass is 19.1. The van der Waals surface area contributed by atoms with E-state index in [-0.39, 0.29) is 22.9 Å². The second-order valence-electron chi connectivity index (χ2n) is 8.49. The largest absolute Gasteiger partial charge is 0.423 e. The third kappa shape index (κ3) is 9.02. The Morgan fingerprint density at radius 2 is 0.974 bits per heavy atom. The topological polar surface area (TPSA) is 78.9 Å². The van der Waals surface area contributed by atoms with Crippen molar-refractivity contribution < 1.29 is 33.0 Å². The molecule has 0 heterocycles. The molecule has 0 amide bonds. The molecule has 6 nitrogen and oxygen atoms in total. The van der Waals surface area contributed by atoms with Gasteiger partial charge in [-0.2, -0.15) is 0 Å². The Morgan fingerprint density at radius 3 is 1.37 bits per heavy atom. The maximum atomic E-state index is 14.3. The zero-order chi connectivity index (χ0) is 28.4. The number of carbonyl (C=O) groups excluding carboxylic acids is 3. The Balaban J connectivity index is 0.000000328. The highest BCUT2D eigenvalue weighted by molar-refractivity contribution is 5.89. The number of hydrogen-bond donors (Lipinski definition) is 0. The normalized spacial score (nSPS) is 9.82. The first kappa shape index (κ1) is 29.5. The number of rotatable bonds is 7. The molecule has 0 saturated heterocycles. The predicted molar refractivity (Wildman–Crippen MR) is 144 cm³/mol. The van der Waals surface area contributed by atoms with Crippen LogP contribution in [0.5, 0.6) is 17.2 Å². The first-order chi connectivity index (χ1) is 17.9. The van der Waals surface area contributed by atoms with Crippen molar-refractivity contribution >= 4 is 17.9 Å². The van der Waals surface area contributed by atoms with Crippen molar-refractivity contribution in [1.82, 2.24) is 0 Å². The molecule has 0 N–H and O–H groups in total. The zero-order valence-electron chi connectivity index (χ0n) is 21.8. The van der Waals surface area contributed by atoms with Crippen LogP contribution in [0, 0.1) is 12.7 Å². The van der Waals surface area contributed by atoms with Crippen LogP contribution >= 0.6 is 0 Å². The molecule has 0 atom stereocenters. The minimum Gasteiger partial charge on any atom is -0.423 e. The van der Waals surface area contributed by atoms with Gasteiger partial charge in [-0.3, -0.25) is 0 Å². The zero-order valence-corrected chi connectivity index (χ0v) is 21.8. The van der Waals surface area contributed by atoms with Crippen molar-refractivity contribution in [3.8, 4) is 28.4 Å². The molecule has 0 fully saturated rings. The van der Waals surface area contributed by atoms with Crippen LogP contribution in [0.1, 0.15) is 26.3 Å². The van der Waals surface area contributed by atoms with Crippen LogP contribution < -0.4 is 14.2 Å². The van der Waals surface area contributed by atoms with Gasteiger partial charge >= 0.3 is 17.9 Å². The smallest absolute Gasteiger partial charge is 0.338 e. The number of carbonyl (C=O) groups is 3. The fourth-order valence-corrected chi connectivity index (χ4v) is 2.68. The van der Waals surface area contributed by atoms with E-state index in [9.17, 15) is 18.8 Å². The summed E-state index contributed by atoms with van der Waals surface area (Å²) in [7, 11) is 0. The van der Waals surface area contributed by atoms with Gasteiger partial charge in [-0.25, -0.2) is 18.8 Å². The third-order valence-electron chi connectivity index (χ3n) is 4.80. The summed E-state index contributed by atoms with van der Waals surface area (Å²) >= 11 is 0. The highest BCUT2D eigenvalue weighted by Gasteiger charge is 2.11. The molecule has 3 aromatic carbocycles. The number of aryl methyl sites for hydroxylation is 1. The van der Waals surface area contributed by atoms with E-state index in [1.54, 1.807) is 50.2 Å². The maximum absolute atomic E-state index is 14.3. The molecule has 0 bridgehead atoms. The summed E-state index contributed by atoms with van der Waals surface area (Å²) in [5.41, 5.74) is 2.97. The van der Waals surface area contributed by atoms with E-state index in [0.717, 1.165) is 11.6 Å². The first-order valence-corrected chi connectivity index (χ1v) is 11.5. The van der Waals surface area contributed by atoms with Crippen molar-refractivity contribution in [3.63, 3.8) is 0 Å². The van der Waals surface area contributed by atoms with Gasteiger partial charge in [0.1, 0.15) is 23.1 Å². The van der Waals surface area contributed by atoms with Crippen molar-refractivity contribution in [2.24, 2.45) is 0 Å². The van der Waals surface area contributed by atoms with Gasteiger partial charge in [0, 0.05) is 28.3 Å². The quantitative estimate of drug-likeness (QED) is 0.192. The minimum atomic E-state index is -0.615. The summed E-state index contributed by atoms with van der Waals surface area (Å²) in [5, 5.41) is 0. The fourth-order valence-electron chi connectivity index (χ4n) is 2.68. The molecular weight excluding hydrogens is 487 g/mol. The van der Waals surface area contributed by atoms with Crippen LogP contribution in [-0.4, -0.2) is 17.9 Å². The van der Waals surface area contributed by atoms with Gasteiger partial charge in [0.15, 0.2) is 0 Å². The van der Waals surface area contributed by atoms with Crippen LogP contribution in [0.2, 0.25) is 0 Å². The molecule has 0 aliphatic heterocycles. The summed E-state index contributed by atoms with van der Waals surface area (Å²) in [6.45, 7) is 17.1. The lowest BCUT2D eigenvalue weighted by Gasteiger charge is -2.08. The van der Waals surface area contributed by atoms with E-state index in [1.807, 2.05) is 19.1 Å². The molecule has 7 heteroatoms. The van der Waals surface area contributed by atoms with Crippen molar-refractivity contribution in [1.29, 1.82) is 0 Å². The maximum Gasteiger partial charge on any atom is 0.338 e. The summed E-state index contributed by atoms with van der Waals surface area (Å²) in [6.07, 6.45) is 0. The summed E-state index contributed by atoms with van der Waals surface area (Å²) in [6, 6.07) is 17.8. The van der Waals surface area contributed by atoms with E-state index in [1.165, 1.54) is 19.1 Å². The average Bonchev–Trinajstić information content (AvgIpc) is 2.86. The van der Waals surface area contributed by atoms with E-state index in [0.29, 0.717) is 28.2 Å². The lowest BCUT2D eigenvalue weighted by Crippen LogP contribution is -2.08. The average molecular weight is 517 g/mol. The van der Waals surface area contributed by atoms with Crippen LogP contribution in [-0.2, 0) is 14.4 Å². The highest BCUT2D eigenvalue weighted by Crippen LogP contribution is 2.28. The summed E-state index contributed by atoms with van der Waals surface area (Å²) in [4.78, 5) is 34.0. The molecule has 0 aliphatic rings. The predicted octanol–water partition coefficient (Wildman–Crippen LogP) is 6.93. The monoisotopic (exact) mass is 516 g/mol. The summed E-state index contributed by atoms with van der Waals surface area (Å²) in [5.74, 6) is -1.08. The standard InChI is InChI=1S/C20H17FO4.C11H12O2/c1-12(2)19(22)24-15-7-5-14(6-8-15)17-10-9-16(11-18(17)21)25-20(23)13(3)4;1-8(2)11(12)13-10-6-4-9(3)5-7-10/h5-11H,1,3H2,2,4H3;4-7H,1H2,2-3H3. The molecular formula is C31H29FO6. The Morgan fingerprint density at radius 1 is 0.605 bits per heavy atom. The Hall–Kier alpha value is -4.78. The van der Waals surface area contributed by atoms with E-state index in [4.69, 9.17) is 14.2 Å². The van der Waals surface area contributed by atoms with Gasteiger partial charge in [-0.05, 0) is 69.7 Å². The van der Waals surface area contributed by atoms with Gasteiger partial charge in [0.2, 0.25) is 0 Å². The third-order valence-corrected chi connectivity index (χ3v) is 4.80. The van der Waals surface area contributed by atoms with Gasteiger partial charge in [-0.1, -0.05) is 49.6 Å². The van der Waals surface area contributed by atoms with E-state index < -0.39 is 17.8 Å². The van der Waals surface area contributed by atoms with Gasteiger partial charge in [0.05, 0.1) is 0 Å². The lowest BCUT2D eigenvalue weighted by molar-refractivity contribution is -0.130. The number of ether oxygens (including phenoxy) is 3. The number of benzene rings is 3.